The van der Waals surface area contributed by atoms with Crippen LogP contribution in [0.3, 0.4) is 0 Å². The predicted molar refractivity (Wildman–Crippen MR) is 65.3 cm³/mol. The van der Waals surface area contributed by atoms with Crippen LogP contribution in [0.2, 0.25) is 0 Å². The van der Waals surface area contributed by atoms with E-state index in [2.05, 4.69) is 18.8 Å². The van der Waals surface area contributed by atoms with Crippen LogP contribution in [-0.2, 0) is 11.0 Å². The summed E-state index contributed by atoms with van der Waals surface area (Å²) in [5, 5.41) is 0. The number of hydrogen-bond acceptors (Lipinski definition) is 2. The fraction of sp³-hybridized carbons (Fsp3) is 1.00. The van der Waals surface area contributed by atoms with Crippen molar-refractivity contribution < 1.29 is 4.21 Å². The average Bonchev–Trinajstić information content (AvgIpc) is 2.07. The molecule has 1 rings (SSSR count). The van der Waals surface area contributed by atoms with Crippen LogP contribution >= 0.6 is 9.39 Å². The Hall–Kier alpha value is 0.500. The third-order valence-electron chi connectivity index (χ3n) is 2.36. The SMILES string of the molecule is CC(C)(C)S(=O)NC1CCN(P)CC1. The normalized spacial score (nSPS) is 23.7. The van der Waals surface area contributed by atoms with Crippen molar-refractivity contribution in [3.63, 3.8) is 0 Å². The van der Waals surface area contributed by atoms with Gasteiger partial charge in [-0.1, -0.05) is 9.39 Å². The first-order valence-electron chi connectivity index (χ1n) is 5.07. The number of nitrogens with one attached hydrogen (secondary N) is 1. The second-order valence-electron chi connectivity index (χ2n) is 4.81. The Balaban J connectivity index is 2.35. The molecule has 14 heavy (non-hydrogen) atoms. The van der Waals surface area contributed by atoms with Crippen LogP contribution in [0.15, 0.2) is 0 Å². The van der Waals surface area contributed by atoms with Gasteiger partial charge in [-0.05, 0) is 33.6 Å². The van der Waals surface area contributed by atoms with E-state index in [-0.39, 0.29) is 4.75 Å². The van der Waals surface area contributed by atoms with E-state index in [4.69, 9.17) is 0 Å². The topological polar surface area (TPSA) is 32.3 Å². The van der Waals surface area contributed by atoms with Gasteiger partial charge >= 0.3 is 0 Å². The van der Waals surface area contributed by atoms with Gasteiger partial charge in [-0.2, -0.15) is 0 Å². The molecule has 0 saturated carbocycles. The van der Waals surface area contributed by atoms with Gasteiger partial charge in [0.1, 0.15) is 0 Å². The molecular formula is C9H21N2OPS. The van der Waals surface area contributed by atoms with Gasteiger partial charge in [-0.3, -0.25) is 4.67 Å². The molecule has 5 heteroatoms. The molecule has 0 aromatic heterocycles. The maximum Gasteiger partial charge on any atom is 0.0972 e. The minimum Gasteiger partial charge on any atom is -0.287 e. The molecule has 0 amide bonds. The molecule has 0 bridgehead atoms. The summed E-state index contributed by atoms with van der Waals surface area (Å²) < 4.78 is 17.1. The molecule has 3 nitrogen and oxygen atoms in total. The Morgan fingerprint density at radius 1 is 1.36 bits per heavy atom. The van der Waals surface area contributed by atoms with Gasteiger partial charge < -0.3 is 0 Å². The summed E-state index contributed by atoms with van der Waals surface area (Å²) in [5.41, 5.74) is 0. The molecule has 1 N–H and O–H groups in total. The highest BCUT2D eigenvalue weighted by Gasteiger charge is 2.24. The van der Waals surface area contributed by atoms with Crippen LogP contribution in [-0.4, -0.2) is 32.8 Å². The van der Waals surface area contributed by atoms with Crippen molar-refractivity contribution in [1.29, 1.82) is 0 Å². The van der Waals surface area contributed by atoms with Gasteiger partial charge in [0.25, 0.3) is 0 Å². The highest BCUT2D eigenvalue weighted by atomic mass is 32.2. The monoisotopic (exact) mass is 236 g/mol. The second-order valence-corrected chi connectivity index (χ2v) is 7.54. The molecule has 1 heterocycles. The summed E-state index contributed by atoms with van der Waals surface area (Å²) in [4.78, 5) is 0. The zero-order chi connectivity index (χ0) is 10.8. The van der Waals surface area contributed by atoms with E-state index < -0.39 is 11.0 Å². The first kappa shape index (κ1) is 12.6. The van der Waals surface area contributed by atoms with Crippen LogP contribution in [0.5, 0.6) is 0 Å². The van der Waals surface area contributed by atoms with Crippen molar-refractivity contribution in [2.45, 2.75) is 44.4 Å². The Morgan fingerprint density at radius 2 is 1.86 bits per heavy atom. The summed E-state index contributed by atoms with van der Waals surface area (Å²) >= 11 is 0. The number of nitrogens with zero attached hydrogens (tertiary/aromatic N) is 1. The Labute approximate surface area is 91.9 Å². The third kappa shape index (κ3) is 3.93. The zero-order valence-electron chi connectivity index (χ0n) is 9.25. The average molecular weight is 236 g/mol. The maximum atomic E-state index is 11.8. The highest BCUT2D eigenvalue weighted by Crippen LogP contribution is 2.16. The lowest BCUT2D eigenvalue weighted by atomic mass is 10.1. The maximum absolute atomic E-state index is 11.8. The molecule has 0 radical (unpaired) electrons. The van der Waals surface area contributed by atoms with Crippen LogP contribution in [0.1, 0.15) is 33.6 Å². The molecule has 2 atom stereocenters. The van der Waals surface area contributed by atoms with Crippen molar-refractivity contribution in [3.05, 3.63) is 0 Å². The molecule has 2 unspecified atom stereocenters. The Bertz CT molecular complexity index is 209. The lowest BCUT2D eigenvalue weighted by Gasteiger charge is -2.31. The standard InChI is InChI=1S/C9H21N2OPS/c1-9(2,3)14(12)10-8-4-6-11(13)7-5-8/h8,10H,4-7,13H2,1-3H3. The van der Waals surface area contributed by atoms with E-state index in [1.54, 1.807) is 0 Å². The van der Waals surface area contributed by atoms with Gasteiger partial charge in [-0.25, -0.2) is 8.93 Å². The van der Waals surface area contributed by atoms with Gasteiger partial charge in [0, 0.05) is 19.1 Å². The molecule has 0 spiro atoms. The summed E-state index contributed by atoms with van der Waals surface area (Å²) in [6.07, 6.45) is 2.18. The van der Waals surface area contributed by atoms with Crippen molar-refractivity contribution >= 4 is 20.4 Å². The van der Waals surface area contributed by atoms with Crippen LogP contribution in [0.25, 0.3) is 0 Å². The molecule has 1 aliphatic heterocycles. The van der Waals surface area contributed by atoms with E-state index in [1.165, 1.54) is 0 Å². The van der Waals surface area contributed by atoms with Gasteiger partial charge in [0.2, 0.25) is 0 Å². The molecule has 0 aromatic rings. The smallest absolute Gasteiger partial charge is 0.0972 e. The van der Waals surface area contributed by atoms with E-state index in [9.17, 15) is 4.21 Å². The molecule has 1 saturated heterocycles. The second kappa shape index (κ2) is 5.02. The number of hydrogen-bond donors (Lipinski definition) is 1. The molecule has 84 valence electrons. The van der Waals surface area contributed by atoms with E-state index in [0.29, 0.717) is 6.04 Å². The highest BCUT2D eigenvalue weighted by molar-refractivity contribution is 7.84. The Kier molecular flexibility index (Phi) is 4.51. The molecule has 1 fully saturated rings. The first-order chi connectivity index (χ1) is 6.39. The van der Waals surface area contributed by atoms with E-state index in [0.717, 1.165) is 25.9 Å². The fourth-order valence-corrected chi connectivity index (χ4v) is 2.54. The predicted octanol–water partition coefficient (Wildman–Crippen LogP) is 1.29. The van der Waals surface area contributed by atoms with Crippen molar-refractivity contribution in [2.24, 2.45) is 0 Å². The van der Waals surface area contributed by atoms with Gasteiger partial charge in [0.15, 0.2) is 0 Å². The van der Waals surface area contributed by atoms with Gasteiger partial charge in [-0.15, -0.1) is 0 Å². The summed E-state index contributed by atoms with van der Waals surface area (Å²) in [7, 11) is 1.80. The van der Waals surface area contributed by atoms with Crippen LogP contribution < -0.4 is 4.72 Å². The third-order valence-corrected chi connectivity index (χ3v) is 4.54. The minimum absolute atomic E-state index is 0.155. The van der Waals surface area contributed by atoms with Crippen LogP contribution in [0, 0.1) is 0 Å². The van der Waals surface area contributed by atoms with Crippen molar-refractivity contribution in [3.8, 4) is 0 Å². The molecular weight excluding hydrogens is 215 g/mol. The summed E-state index contributed by atoms with van der Waals surface area (Å²) in [5.74, 6) is 0. The quantitative estimate of drug-likeness (QED) is 0.733. The molecule has 0 aliphatic carbocycles. The van der Waals surface area contributed by atoms with Gasteiger partial charge in [0.05, 0.1) is 15.7 Å². The van der Waals surface area contributed by atoms with E-state index >= 15 is 0 Å². The van der Waals surface area contributed by atoms with Crippen molar-refractivity contribution in [2.75, 3.05) is 13.1 Å². The zero-order valence-corrected chi connectivity index (χ0v) is 11.2. The number of rotatable bonds is 2. The summed E-state index contributed by atoms with van der Waals surface area (Å²) in [6, 6.07) is 0.423. The lowest BCUT2D eigenvalue weighted by molar-refractivity contribution is 0.332. The van der Waals surface area contributed by atoms with E-state index in [1.807, 2.05) is 20.8 Å². The Morgan fingerprint density at radius 3 is 2.29 bits per heavy atom. The largest absolute Gasteiger partial charge is 0.287 e. The minimum atomic E-state index is -0.921. The number of piperidine rings is 1. The first-order valence-corrected chi connectivity index (χ1v) is 6.74. The van der Waals surface area contributed by atoms with Crippen LogP contribution in [0.4, 0.5) is 0 Å². The fourth-order valence-electron chi connectivity index (χ4n) is 1.35. The molecule has 0 aromatic carbocycles. The molecule has 1 aliphatic rings. The summed E-state index contributed by atoms with van der Waals surface area (Å²) in [6.45, 7) is 8.15. The van der Waals surface area contributed by atoms with Crippen molar-refractivity contribution in [1.82, 2.24) is 9.39 Å². The lowest BCUT2D eigenvalue weighted by Crippen LogP contribution is -2.44.